The number of hydrogen-bond donors (Lipinski definition) is 0. The molecular weight excluding hydrogens is 224 g/mol. The van der Waals surface area contributed by atoms with Gasteiger partial charge in [0.25, 0.3) is 0 Å². The lowest BCUT2D eigenvalue weighted by Gasteiger charge is -2.12. The summed E-state index contributed by atoms with van der Waals surface area (Å²) in [7, 11) is 0. The van der Waals surface area contributed by atoms with Crippen LogP contribution in [0.4, 0.5) is 0 Å². The first kappa shape index (κ1) is 10.8. The molecule has 0 saturated carbocycles. The summed E-state index contributed by atoms with van der Waals surface area (Å²) >= 11 is 0. The van der Waals surface area contributed by atoms with Crippen LogP contribution < -0.4 is 0 Å². The van der Waals surface area contributed by atoms with Gasteiger partial charge < -0.3 is 4.74 Å². The molecule has 1 unspecified atom stereocenters. The van der Waals surface area contributed by atoms with Crippen LogP contribution in [0.25, 0.3) is 6.08 Å². The monoisotopic (exact) mass is 236 g/mol. The largest absolute Gasteiger partial charge is 0.449 e. The molecule has 2 nitrogen and oxygen atoms in total. The number of fused-ring (bicyclic) bond motifs is 1. The fourth-order valence-corrected chi connectivity index (χ4v) is 2.32. The summed E-state index contributed by atoms with van der Waals surface area (Å²) in [5.74, 6) is -0.262. The van der Waals surface area contributed by atoms with E-state index in [-0.39, 0.29) is 12.1 Å². The zero-order valence-electron chi connectivity index (χ0n) is 9.80. The van der Waals surface area contributed by atoms with Gasteiger partial charge in [-0.25, -0.2) is 4.79 Å². The summed E-state index contributed by atoms with van der Waals surface area (Å²) in [6, 6.07) is 15.4. The lowest BCUT2D eigenvalue weighted by molar-refractivity contribution is 0.0456. The maximum absolute atomic E-state index is 11.9. The van der Waals surface area contributed by atoms with E-state index in [9.17, 15) is 4.79 Å². The van der Waals surface area contributed by atoms with Gasteiger partial charge in [-0.1, -0.05) is 55.1 Å². The molecule has 0 saturated heterocycles. The van der Waals surface area contributed by atoms with Crippen molar-refractivity contribution < 1.29 is 9.53 Å². The summed E-state index contributed by atoms with van der Waals surface area (Å²) in [6.07, 6.45) is 1.44. The van der Waals surface area contributed by atoms with Crippen LogP contribution >= 0.6 is 0 Å². The predicted molar refractivity (Wildman–Crippen MR) is 70.2 cm³/mol. The number of ether oxygens (including phenoxy) is 1. The molecule has 0 spiro atoms. The highest BCUT2D eigenvalue weighted by Crippen LogP contribution is 2.38. The number of carbonyl (C=O) groups is 1. The molecule has 1 aliphatic heterocycles. The van der Waals surface area contributed by atoms with Gasteiger partial charge in [-0.15, -0.1) is 0 Å². The van der Waals surface area contributed by atoms with Crippen LogP contribution in [0.15, 0.2) is 55.1 Å². The number of carbonyl (C=O) groups excluding carboxylic acids is 1. The molecule has 0 amide bonds. The molecule has 1 atom stereocenters. The Morgan fingerprint density at radius 1 is 1.06 bits per heavy atom. The Bertz CT molecular complexity index is 614. The fraction of sp³-hybridized carbons (Fsp3) is 0.0625. The van der Waals surface area contributed by atoms with Crippen LogP contribution in [-0.2, 0) is 4.74 Å². The van der Waals surface area contributed by atoms with Crippen molar-refractivity contribution in [2.75, 3.05) is 0 Å². The molecule has 2 aromatic rings. The maximum atomic E-state index is 11.9. The molecule has 1 aliphatic rings. The Hall–Kier alpha value is -2.35. The summed E-state index contributed by atoms with van der Waals surface area (Å²) in [5.41, 5.74) is 3.50. The highest BCUT2D eigenvalue weighted by Gasteiger charge is 2.33. The van der Waals surface area contributed by atoms with E-state index in [1.54, 1.807) is 12.1 Å². The molecule has 0 N–H and O–H groups in total. The van der Waals surface area contributed by atoms with E-state index in [0.717, 1.165) is 16.7 Å². The van der Waals surface area contributed by atoms with Gasteiger partial charge in [0.2, 0.25) is 0 Å². The molecule has 1 heterocycles. The van der Waals surface area contributed by atoms with Crippen molar-refractivity contribution in [2.45, 2.75) is 6.10 Å². The average molecular weight is 236 g/mol. The van der Waals surface area contributed by atoms with Crippen molar-refractivity contribution in [3.8, 4) is 0 Å². The molecular formula is C16H12O2. The molecule has 18 heavy (non-hydrogen) atoms. The van der Waals surface area contributed by atoms with Crippen molar-refractivity contribution in [3.63, 3.8) is 0 Å². The van der Waals surface area contributed by atoms with Crippen molar-refractivity contribution in [3.05, 3.63) is 77.4 Å². The van der Waals surface area contributed by atoms with E-state index in [4.69, 9.17) is 4.74 Å². The van der Waals surface area contributed by atoms with Gasteiger partial charge in [-0.05, 0) is 17.2 Å². The van der Waals surface area contributed by atoms with Gasteiger partial charge in [0.1, 0.15) is 0 Å². The first-order chi connectivity index (χ1) is 8.81. The average Bonchev–Trinajstić information content (AvgIpc) is 2.77. The summed E-state index contributed by atoms with van der Waals surface area (Å²) < 4.78 is 5.47. The Morgan fingerprint density at radius 3 is 2.56 bits per heavy atom. The molecule has 0 fully saturated rings. The molecule has 0 aromatic heterocycles. The van der Waals surface area contributed by atoms with Crippen LogP contribution in [0.5, 0.6) is 0 Å². The normalized spacial score (nSPS) is 17.1. The molecule has 0 radical (unpaired) electrons. The van der Waals surface area contributed by atoms with Crippen LogP contribution in [-0.4, -0.2) is 5.97 Å². The first-order valence-corrected chi connectivity index (χ1v) is 5.82. The second-order valence-corrected chi connectivity index (χ2v) is 4.21. The van der Waals surface area contributed by atoms with Crippen LogP contribution in [0.2, 0.25) is 0 Å². The summed E-state index contributed by atoms with van der Waals surface area (Å²) in [5, 5.41) is 0. The van der Waals surface area contributed by atoms with E-state index in [1.807, 2.05) is 42.5 Å². The second kappa shape index (κ2) is 4.15. The topological polar surface area (TPSA) is 26.3 Å². The highest BCUT2D eigenvalue weighted by atomic mass is 16.5. The summed E-state index contributed by atoms with van der Waals surface area (Å²) in [4.78, 5) is 11.9. The third kappa shape index (κ3) is 1.54. The Kier molecular flexibility index (Phi) is 2.49. The van der Waals surface area contributed by atoms with Crippen molar-refractivity contribution in [1.82, 2.24) is 0 Å². The van der Waals surface area contributed by atoms with Gasteiger partial charge in [0, 0.05) is 5.56 Å². The first-order valence-electron chi connectivity index (χ1n) is 5.82. The van der Waals surface area contributed by atoms with Gasteiger partial charge >= 0.3 is 5.97 Å². The molecule has 3 rings (SSSR count). The third-order valence-corrected chi connectivity index (χ3v) is 3.17. The van der Waals surface area contributed by atoms with E-state index in [1.165, 1.54) is 0 Å². The van der Waals surface area contributed by atoms with Crippen LogP contribution in [0.1, 0.15) is 33.2 Å². The van der Waals surface area contributed by atoms with Crippen molar-refractivity contribution in [2.24, 2.45) is 0 Å². The van der Waals surface area contributed by atoms with E-state index in [2.05, 4.69) is 6.58 Å². The lowest BCUT2D eigenvalue weighted by Crippen LogP contribution is -2.01. The number of hydrogen-bond acceptors (Lipinski definition) is 2. The third-order valence-electron chi connectivity index (χ3n) is 3.17. The van der Waals surface area contributed by atoms with Crippen LogP contribution in [0.3, 0.4) is 0 Å². The standard InChI is InChI=1S/C16H12O2/c1-2-11-9-6-10-13-14(11)15(18-16(13)17)12-7-4-3-5-8-12/h2-10,15H,1H2. The maximum Gasteiger partial charge on any atom is 0.339 e. The minimum atomic E-state index is -0.317. The van der Waals surface area contributed by atoms with Gasteiger partial charge in [-0.3, -0.25) is 0 Å². The molecule has 0 aliphatic carbocycles. The van der Waals surface area contributed by atoms with E-state index < -0.39 is 0 Å². The highest BCUT2D eigenvalue weighted by molar-refractivity contribution is 5.95. The molecule has 0 bridgehead atoms. The molecule has 2 aromatic carbocycles. The van der Waals surface area contributed by atoms with Gasteiger partial charge in [0.15, 0.2) is 6.10 Å². The number of cyclic esters (lactones) is 1. The Morgan fingerprint density at radius 2 is 1.83 bits per heavy atom. The fourth-order valence-electron chi connectivity index (χ4n) is 2.32. The van der Waals surface area contributed by atoms with Crippen molar-refractivity contribution >= 4 is 12.0 Å². The Labute approximate surface area is 106 Å². The minimum Gasteiger partial charge on any atom is -0.449 e. The van der Waals surface area contributed by atoms with Gasteiger partial charge in [-0.2, -0.15) is 0 Å². The smallest absolute Gasteiger partial charge is 0.339 e. The SMILES string of the molecule is C=Cc1cccc2c1C(c1ccccc1)OC2=O. The minimum absolute atomic E-state index is 0.262. The molecule has 88 valence electrons. The number of esters is 1. The lowest BCUT2D eigenvalue weighted by atomic mass is 9.94. The summed E-state index contributed by atoms with van der Waals surface area (Å²) in [6.45, 7) is 3.79. The predicted octanol–water partition coefficient (Wildman–Crippen LogP) is 3.59. The van der Waals surface area contributed by atoms with Crippen molar-refractivity contribution in [1.29, 1.82) is 0 Å². The van der Waals surface area contributed by atoms with E-state index in [0.29, 0.717) is 5.56 Å². The zero-order valence-corrected chi connectivity index (χ0v) is 9.80. The number of benzene rings is 2. The quantitative estimate of drug-likeness (QED) is 0.745. The van der Waals surface area contributed by atoms with Gasteiger partial charge in [0.05, 0.1) is 5.56 Å². The molecule has 2 heteroatoms. The number of rotatable bonds is 2. The second-order valence-electron chi connectivity index (χ2n) is 4.21. The van der Waals surface area contributed by atoms with Crippen LogP contribution in [0, 0.1) is 0 Å². The Balaban J connectivity index is 2.19. The zero-order chi connectivity index (χ0) is 12.5. The van der Waals surface area contributed by atoms with E-state index >= 15 is 0 Å².